The van der Waals surface area contributed by atoms with E-state index in [2.05, 4.69) is 15.1 Å². The molecular weight excluding hydrogens is 250 g/mol. The van der Waals surface area contributed by atoms with Gasteiger partial charge in [0.1, 0.15) is 5.75 Å². The van der Waals surface area contributed by atoms with E-state index in [1.54, 1.807) is 25.1 Å². The van der Waals surface area contributed by atoms with Crippen molar-refractivity contribution in [2.24, 2.45) is 0 Å². The maximum Gasteiger partial charge on any atom is 0.239 e. The number of aromatic nitrogens is 3. The SMILES string of the molecule is COc1ccnc(CSC(C)c2nc(C)no2)c1. The van der Waals surface area contributed by atoms with Gasteiger partial charge in [0.25, 0.3) is 0 Å². The second-order valence-electron chi connectivity index (χ2n) is 3.82. The molecule has 0 saturated carbocycles. The molecule has 0 aliphatic heterocycles. The molecule has 2 rings (SSSR count). The van der Waals surface area contributed by atoms with Crippen LogP contribution in [0.4, 0.5) is 0 Å². The topological polar surface area (TPSA) is 61.0 Å². The van der Waals surface area contributed by atoms with Crippen LogP contribution in [-0.2, 0) is 5.75 Å². The van der Waals surface area contributed by atoms with Crippen LogP contribution in [0, 0.1) is 6.92 Å². The summed E-state index contributed by atoms with van der Waals surface area (Å²) in [5, 5.41) is 3.94. The quantitative estimate of drug-likeness (QED) is 0.828. The number of nitrogens with zero attached hydrogens (tertiary/aromatic N) is 3. The van der Waals surface area contributed by atoms with Gasteiger partial charge in [-0.25, -0.2) is 0 Å². The first-order valence-corrected chi connectivity index (χ1v) is 6.64. The minimum Gasteiger partial charge on any atom is -0.497 e. The maximum atomic E-state index is 5.16. The highest BCUT2D eigenvalue weighted by molar-refractivity contribution is 7.98. The van der Waals surface area contributed by atoms with Gasteiger partial charge in [-0.2, -0.15) is 4.98 Å². The molecule has 2 heterocycles. The molecule has 0 radical (unpaired) electrons. The molecule has 0 fully saturated rings. The number of pyridine rings is 1. The molecule has 0 bridgehead atoms. The van der Waals surface area contributed by atoms with Crippen LogP contribution < -0.4 is 4.74 Å². The van der Waals surface area contributed by atoms with Gasteiger partial charge in [0.05, 0.1) is 18.1 Å². The van der Waals surface area contributed by atoms with Gasteiger partial charge in [0.2, 0.25) is 5.89 Å². The van der Waals surface area contributed by atoms with E-state index in [0.29, 0.717) is 11.7 Å². The molecule has 0 aliphatic rings. The molecule has 96 valence electrons. The van der Waals surface area contributed by atoms with Gasteiger partial charge >= 0.3 is 0 Å². The minimum absolute atomic E-state index is 0.152. The average molecular weight is 265 g/mol. The fourth-order valence-corrected chi connectivity index (χ4v) is 2.24. The van der Waals surface area contributed by atoms with Gasteiger partial charge in [-0.15, -0.1) is 11.8 Å². The van der Waals surface area contributed by atoms with Crippen LogP contribution in [0.2, 0.25) is 0 Å². The molecule has 0 aliphatic carbocycles. The summed E-state index contributed by atoms with van der Waals surface area (Å²) in [4.78, 5) is 8.50. The lowest BCUT2D eigenvalue weighted by Gasteiger charge is -2.06. The molecule has 1 atom stereocenters. The molecule has 18 heavy (non-hydrogen) atoms. The molecule has 5 nitrogen and oxygen atoms in total. The van der Waals surface area contributed by atoms with Crippen molar-refractivity contribution in [2.45, 2.75) is 24.9 Å². The number of hydrogen-bond acceptors (Lipinski definition) is 6. The second kappa shape index (κ2) is 5.86. The van der Waals surface area contributed by atoms with Gasteiger partial charge in [0, 0.05) is 18.0 Å². The van der Waals surface area contributed by atoms with Crippen LogP contribution in [0.1, 0.15) is 29.6 Å². The lowest BCUT2D eigenvalue weighted by atomic mass is 10.3. The van der Waals surface area contributed by atoms with E-state index in [-0.39, 0.29) is 5.25 Å². The van der Waals surface area contributed by atoms with Crippen molar-refractivity contribution in [2.75, 3.05) is 7.11 Å². The molecule has 0 saturated heterocycles. The molecule has 6 heteroatoms. The number of aryl methyl sites for hydroxylation is 1. The van der Waals surface area contributed by atoms with Crippen LogP contribution in [0.3, 0.4) is 0 Å². The van der Waals surface area contributed by atoms with Crippen molar-refractivity contribution in [3.8, 4) is 5.75 Å². The summed E-state index contributed by atoms with van der Waals surface area (Å²) < 4.78 is 10.3. The predicted molar refractivity (Wildman–Crippen MR) is 69.5 cm³/mol. The summed E-state index contributed by atoms with van der Waals surface area (Å²) in [6, 6.07) is 3.76. The molecular formula is C12H15N3O2S. The normalized spacial score (nSPS) is 12.4. The first kappa shape index (κ1) is 12.9. The van der Waals surface area contributed by atoms with Crippen molar-refractivity contribution >= 4 is 11.8 Å². The van der Waals surface area contributed by atoms with Gasteiger partial charge in [-0.05, 0) is 19.9 Å². The summed E-state index contributed by atoms with van der Waals surface area (Å²) in [7, 11) is 1.65. The zero-order valence-electron chi connectivity index (χ0n) is 10.6. The monoisotopic (exact) mass is 265 g/mol. The number of rotatable bonds is 5. The van der Waals surface area contributed by atoms with Crippen LogP contribution in [0.5, 0.6) is 5.75 Å². The Morgan fingerprint density at radius 2 is 2.33 bits per heavy atom. The van der Waals surface area contributed by atoms with Crippen LogP contribution in [0.25, 0.3) is 0 Å². The summed E-state index contributed by atoms with van der Waals surface area (Å²) in [5.74, 6) is 2.92. The Hall–Kier alpha value is -1.56. The van der Waals surface area contributed by atoms with Gasteiger partial charge in [-0.3, -0.25) is 4.98 Å². The third-order valence-corrected chi connectivity index (χ3v) is 3.56. The molecule has 2 aromatic heterocycles. The van der Waals surface area contributed by atoms with E-state index >= 15 is 0 Å². The first-order chi connectivity index (χ1) is 8.69. The van der Waals surface area contributed by atoms with E-state index in [0.717, 1.165) is 17.2 Å². The number of methoxy groups -OCH3 is 1. The van der Waals surface area contributed by atoms with Crippen molar-refractivity contribution in [3.05, 3.63) is 35.7 Å². The molecule has 0 aromatic carbocycles. The standard InChI is InChI=1S/C12H15N3O2S/c1-8(12-14-9(2)15-17-12)18-7-10-6-11(16-3)4-5-13-10/h4-6,8H,7H2,1-3H3. The number of hydrogen-bond donors (Lipinski definition) is 0. The second-order valence-corrected chi connectivity index (χ2v) is 5.15. The highest BCUT2D eigenvalue weighted by atomic mass is 32.2. The predicted octanol–water partition coefficient (Wildman–Crippen LogP) is 2.78. The third kappa shape index (κ3) is 3.22. The molecule has 0 spiro atoms. The van der Waals surface area contributed by atoms with E-state index in [9.17, 15) is 0 Å². The van der Waals surface area contributed by atoms with Gasteiger partial charge < -0.3 is 9.26 Å². The smallest absolute Gasteiger partial charge is 0.239 e. The number of thioether (sulfide) groups is 1. The Bertz CT molecular complexity index is 516. The Labute approximate surface area is 110 Å². The summed E-state index contributed by atoms with van der Waals surface area (Å²) in [5.41, 5.74) is 0.974. The fourth-order valence-electron chi connectivity index (χ4n) is 1.42. The highest BCUT2D eigenvalue weighted by Crippen LogP contribution is 2.29. The lowest BCUT2D eigenvalue weighted by Crippen LogP contribution is -1.93. The summed E-state index contributed by atoms with van der Waals surface area (Å²) in [6.45, 7) is 3.85. The van der Waals surface area contributed by atoms with Crippen LogP contribution in [-0.4, -0.2) is 22.2 Å². The van der Waals surface area contributed by atoms with Crippen molar-refractivity contribution in [1.29, 1.82) is 0 Å². The van der Waals surface area contributed by atoms with E-state index < -0.39 is 0 Å². The fraction of sp³-hybridized carbons (Fsp3) is 0.417. The zero-order chi connectivity index (χ0) is 13.0. The number of ether oxygens (including phenoxy) is 1. The van der Waals surface area contributed by atoms with Gasteiger partial charge in [-0.1, -0.05) is 5.16 Å². The van der Waals surface area contributed by atoms with Crippen molar-refractivity contribution < 1.29 is 9.26 Å². The summed E-state index contributed by atoms with van der Waals surface area (Å²) >= 11 is 1.70. The molecule has 1 unspecified atom stereocenters. The van der Waals surface area contributed by atoms with Crippen LogP contribution >= 0.6 is 11.8 Å². The molecule has 0 amide bonds. The molecule has 2 aromatic rings. The highest BCUT2D eigenvalue weighted by Gasteiger charge is 2.13. The van der Waals surface area contributed by atoms with E-state index in [1.165, 1.54) is 0 Å². The lowest BCUT2D eigenvalue weighted by molar-refractivity contribution is 0.376. The van der Waals surface area contributed by atoms with Crippen molar-refractivity contribution in [3.63, 3.8) is 0 Å². The molecule has 0 N–H and O–H groups in total. The van der Waals surface area contributed by atoms with Crippen LogP contribution in [0.15, 0.2) is 22.9 Å². The van der Waals surface area contributed by atoms with E-state index in [1.807, 2.05) is 26.0 Å². The largest absolute Gasteiger partial charge is 0.497 e. The average Bonchev–Trinajstić information content (AvgIpc) is 2.83. The Morgan fingerprint density at radius 1 is 1.50 bits per heavy atom. The van der Waals surface area contributed by atoms with E-state index in [4.69, 9.17) is 9.26 Å². The maximum absolute atomic E-state index is 5.16. The van der Waals surface area contributed by atoms with Crippen molar-refractivity contribution in [1.82, 2.24) is 15.1 Å². The Kier molecular flexibility index (Phi) is 4.19. The van der Waals surface area contributed by atoms with Gasteiger partial charge in [0.15, 0.2) is 5.82 Å². The first-order valence-electron chi connectivity index (χ1n) is 5.60. The zero-order valence-corrected chi connectivity index (χ0v) is 11.4. The Balaban J connectivity index is 1.94. The summed E-state index contributed by atoms with van der Waals surface area (Å²) in [6.07, 6.45) is 1.75. The third-order valence-electron chi connectivity index (χ3n) is 2.40. The minimum atomic E-state index is 0.152. The Morgan fingerprint density at radius 3 is 3.00 bits per heavy atom.